The van der Waals surface area contributed by atoms with Crippen LogP contribution in [0.2, 0.25) is 0 Å². The van der Waals surface area contributed by atoms with E-state index in [2.05, 4.69) is 5.32 Å². The molecule has 5 nitrogen and oxygen atoms in total. The standard InChI is InChI=1S/C14H22N2O3/c1-18-9-10-19-8-7-14(17)16-11-13(15)12-5-3-2-4-6-12/h2-6,13H,7-11,15H2,1H3,(H,16,17). The zero-order chi connectivity index (χ0) is 13.9. The summed E-state index contributed by atoms with van der Waals surface area (Å²) >= 11 is 0. The quantitative estimate of drug-likeness (QED) is 0.650. The van der Waals surface area contributed by atoms with Gasteiger partial charge < -0.3 is 20.5 Å². The number of nitrogens with one attached hydrogen (secondary N) is 1. The number of amides is 1. The van der Waals surface area contributed by atoms with E-state index >= 15 is 0 Å². The van der Waals surface area contributed by atoms with Gasteiger partial charge in [0.25, 0.3) is 0 Å². The Bertz CT molecular complexity index is 357. The number of methoxy groups -OCH3 is 1. The second-order valence-corrected chi connectivity index (χ2v) is 4.18. The van der Waals surface area contributed by atoms with Crippen molar-refractivity contribution in [3.05, 3.63) is 35.9 Å². The van der Waals surface area contributed by atoms with Gasteiger partial charge in [0.2, 0.25) is 5.91 Å². The van der Waals surface area contributed by atoms with Crippen molar-refractivity contribution in [1.82, 2.24) is 5.32 Å². The summed E-state index contributed by atoms with van der Waals surface area (Å²) in [5.41, 5.74) is 6.99. The van der Waals surface area contributed by atoms with E-state index in [0.717, 1.165) is 5.56 Å². The fourth-order valence-corrected chi connectivity index (χ4v) is 1.54. The summed E-state index contributed by atoms with van der Waals surface area (Å²) in [6, 6.07) is 9.52. The van der Waals surface area contributed by atoms with Crippen LogP contribution in [0.3, 0.4) is 0 Å². The van der Waals surface area contributed by atoms with Crippen LogP contribution in [0.15, 0.2) is 30.3 Å². The van der Waals surface area contributed by atoms with Crippen LogP contribution in [0.5, 0.6) is 0 Å². The maximum absolute atomic E-state index is 11.5. The third-order valence-electron chi connectivity index (χ3n) is 2.65. The molecule has 1 amide bonds. The first kappa shape index (κ1) is 15.6. The zero-order valence-corrected chi connectivity index (χ0v) is 11.3. The third kappa shape index (κ3) is 6.91. The molecule has 1 unspecified atom stereocenters. The minimum atomic E-state index is -0.181. The Kier molecular flexibility index (Phi) is 7.81. The van der Waals surface area contributed by atoms with Gasteiger partial charge in [-0.25, -0.2) is 0 Å². The number of carbonyl (C=O) groups excluding carboxylic acids is 1. The molecule has 0 saturated heterocycles. The van der Waals surface area contributed by atoms with Gasteiger partial charge in [0, 0.05) is 26.1 Å². The Balaban J connectivity index is 2.13. The fraction of sp³-hybridized carbons (Fsp3) is 0.500. The minimum Gasteiger partial charge on any atom is -0.382 e. The smallest absolute Gasteiger partial charge is 0.222 e. The van der Waals surface area contributed by atoms with Crippen molar-refractivity contribution >= 4 is 5.91 Å². The fourth-order valence-electron chi connectivity index (χ4n) is 1.54. The molecule has 1 aromatic rings. The van der Waals surface area contributed by atoms with E-state index < -0.39 is 0 Å². The molecule has 19 heavy (non-hydrogen) atoms. The van der Waals surface area contributed by atoms with E-state index in [0.29, 0.717) is 32.8 Å². The Morgan fingerprint density at radius 2 is 2.00 bits per heavy atom. The van der Waals surface area contributed by atoms with Crippen LogP contribution in [0.25, 0.3) is 0 Å². The Morgan fingerprint density at radius 1 is 1.26 bits per heavy atom. The molecule has 1 atom stereocenters. The van der Waals surface area contributed by atoms with Crippen LogP contribution >= 0.6 is 0 Å². The van der Waals surface area contributed by atoms with Crippen LogP contribution in [0.1, 0.15) is 18.0 Å². The Morgan fingerprint density at radius 3 is 2.68 bits per heavy atom. The molecule has 0 aromatic heterocycles. The normalized spacial score (nSPS) is 12.1. The van der Waals surface area contributed by atoms with E-state index in [4.69, 9.17) is 15.2 Å². The summed E-state index contributed by atoms with van der Waals surface area (Å²) in [6.07, 6.45) is 0.339. The summed E-state index contributed by atoms with van der Waals surface area (Å²) in [6.45, 7) is 1.88. The van der Waals surface area contributed by atoms with Gasteiger partial charge in [0.15, 0.2) is 0 Å². The maximum Gasteiger partial charge on any atom is 0.222 e. The van der Waals surface area contributed by atoms with Crippen molar-refractivity contribution in [2.75, 3.05) is 33.5 Å². The van der Waals surface area contributed by atoms with Crippen LogP contribution in [0, 0.1) is 0 Å². The molecule has 0 aliphatic rings. The van der Waals surface area contributed by atoms with Crippen molar-refractivity contribution in [3.63, 3.8) is 0 Å². The topological polar surface area (TPSA) is 73.6 Å². The molecule has 0 spiro atoms. The van der Waals surface area contributed by atoms with E-state index in [1.807, 2.05) is 30.3 Å². The lowest BCUT2D eigenvalue weighted by Crippen LogP contribution is -2.32. The largest absolute Gasteiger partial charge is 0.382 e. The molecule has 0 bridgehead atoms. The molecule has 0 heterocycles. The van der Waals surface area contributed by atoms with Gasteiger partial charge in [0.1, 0.15) is 0 Å². The summed E-state index contributed by atoms with van der Waals surface area (Å²) in [5.74, 6) is -0.0520. The first-order valence-corrected chi connectivity index (χ1v) is 6.38. The first-order chi connectivity index (χ1) is 9.24. The summed E-state index contributed by atoms with van der Waals surface area (Å²) in [4.78, 5) is 11.5. The highest BCUT2D eigenvalue weighted by atomic mass is 16.5. The zero-order valence-electron chi connectivity index (χ0n) is 11.3. The molecule has 5 heteroatoms. The molecular weight excluding hydrogens is 244 g/mol. The van der Waals surface area contributed by atoms with Gasteiger partial charge in [-0.2, -0.15) is 0 Å². The van der Waals surface area contributed by atoms with Crippen molar-refractivity contribution in [1.29, 1.82) is 0 Å². The highest BCUT2D eigenvalue weighted by Gasteiger charge is 2.07. The summed E-state index contributed by atoms with van der Waals surface area (Å²) in [7, 11) is 1.61. The van der Waals surface area contributed by atoms with Crippen molar-refractivity contribution in [3.8, 4) is 0 Å². The molecule has 0 aliphatic carbocycles. The predicted octanol–water partition coefficient (Wildman–Crippen LogP) is 0.856. The van der Waals surface area contributed by atoms with E-state index in [1.54, 1.807) is 7.11 Å². The lowest BCUT2D eigenvalue weighted by Gasteiger charge is -2.13. The number of ether oxygens (including phenoxy) is 2. The first-order valence-electron chi connectivity index (χ1n) is 6.38. The number of nitrogens with two attached hydrogens (primary N) is 1. The van der Waals surface area contributed by atoms with Crippen molar-refractivity contribution < 1.29 is 14.3 Å². The van der Waals surface area contributed by atoms with Crippen LogP contribution < -0.4 is 11.1 Å². The molecule has 1 rings (SSSR count). The van der Waals surface area contributed by atoms with Crippen LogP contribution in [0.4, 0.5) is 0 Å². The number of rotatable bonds is 9. The molecular formula is C14H22N2O3. The average molecular weight is 266 g/mol. The highest BCUT2D eigenvalue weighted by Crippen LogP contribution is 2.07. The lowest BCUT2D eigenvalue weighted by molar-refractivity contribution is -0.122. The monoisotopic (exact) mass is 266 g/mol. The number of benzene rings is 1. The van der Waals surface area contributed by atoms with Gasteiger partial charge >= 0.3 is 0 Å². The molecule has 0 aliphatic heterocycles. The van der Waals surface area contributed by atoms with E-state index in [-0.39, 0.29) is 11.9 Å². The van der Waals surface area contributed by atoms with Gasteiger partial charge in [-0.3, -0.25) is 4.79 Å². The SMILES string of the molecule is COCCOCCC(=O)NCC(N)c1ccccc1. The van der Waals surface area contributed by atoms with Crippen molar-refractivity contribution in [2.45, 2.75) is 12.5 Å². The highest BCUT2D eigenvalue weighted by molar-refractivity contribution is 5.76. The second kappa shape index (κ2) is 9.49. The molecule has 1 aromatic carbocycles. The summed E-state index contributed by atoms with van der Waals surface area (Å²) in [5, 5.41) is 2.80. The lowest BCUT2D eigenvalue weighted by atomic mass is 10.1. The average Bonchev–Trinajstić information content (AvgIpc) is 2.45. The van der Waals surface area contributed by atoms with Crippen LogP contribution in [-0.2, 0) is 14.3 Å². The van der Waals surface area contributed by atoms with E-state index in [9.17, 15) is 4.79 Å². The second-order valence-electron chi connectivity index (χ2n) is 4.18. The number of hydrogen-bond acceptors (Lipinski definition) is 4. The number of hydrogen-bond donors (Lipinski definition) is 2. The Labute approximate surface area is 114 Å². The molecule has 0 radical (unpaired) electrons. The maximum atomic E-state index is 11.5. The van der Waals surface area contributed by atoms with E-state index in [1.165, 1.54) is 0 Å². The van der Waals surface area contributed by atoms with Gasteiger partial charge in [-0.15, -0.1) is 0 Å². The molecule has 3 N–H and O–H groups in total. The van der Waals surface area contributed by atoms with Crippen molar-refractivity contribution in [2.24, 2.45) is 5.73 Å². The molecule has 0 fully saturated rings. The Hall–Kier alpha value is -1.43. The van der Waals surface area contributed by atoms with Gasteiger partial charge in [-0.1, -0.05) is 30.3 Å². The number of carbonyl (C=O) groups is 1. The van der Waals surface area contributed by atoms with Crippen LogP contribution in [-0.4, -0.2) is 39.4 Å². The minimum absolute atomic E-state index is 0.0520. The van der Waals surface area contributed by atoms with Gasteiger partial charge in [-0.05, 0) is 5.56 Å². The molecule has 0 saturated carbocycles. The molecule has 106 valence electrons. The van der Waals surface area contributed by atoms with Gasteiger partial charge in [0.05, 0.1) is 19.8 Å². The third-order valence-corrected chi connectivity index (χ3v) is 2.65. The summed E-state index contributed by atoms with van der Waals surface area (Å²) < 4.78 is 10.1. The predicted molar refractivity (Wildman–Crippen MR) is 73.7 cm³/mol.